The standard InChI is InChI=1S/C11H17N/c1-2-3-8-12-9-7-10-5-4-6-11(10)12/h10-11H,4-9H2,1H3. The van der Waals surface area contributed by atoms with Crippen molar-refractivity contribution in [2.45, 2.75) is 38.6 Å². The van der Waals surface area contributed by atoms with E-state index in [0.29, 0.717) is 0 Å². The zero-order valence-electron chi connectivity index (χ0n) is 7.84. The molecule has 0 bridgehead atoms. The quantitative estimate of drug-likeness (QED) is 0.533. The Morgan fingerprint density at radius 3 is 3.08 bits per heavy atom. The van der Waals surface area contributed by atoms with Crippen molar-refractivity contribution >= 4 is 0 Å². The Kier molecular flexibility index (Phi) is 2.37. The first kappa shape index (κ1) is 8.13. The second-order valence-corrected chi connectivity index (χ2v) is 3.94. The fourth-order valence-electron chi connectivity index (χ4n) is 2.71. The summed E-state index contributed by atoms with van der Waals surface area (Å²) in [6, 6.07) is 0.894. The molecule has 2 atom stereocenters. The Morgan fingerprint density at radius 1 is 1.33 bits per heavy atom. The number of hydrogen-bond acceptors (Lipinski definition) is 1. The Bertz CT molecular complexity index is 211. The molecule has 1 saturated heterocycles. The van der Waals surface area contributed by atoms with E-state index in [2.05, 4.69) is 16.7 Å². The third-order valence-corrected chi connectivity index (χ3v) is 3.33. The fraction of sp³-hybridized carbons (Fsp3) is 0.818. The first-order chi connectivity index (χ1) is 5.92. The predicted molar refractivity (Wildman–Crippen MR) is 50.8 cm³/mol. The Hall–Kier alpha value is -0.480. The van der Waals surface area contributed by atoms with Gasteiger partial charge < -0.3 is 0 Å². The van der Waals surface area contributed by atoms with Crippen LogP contribution in [0.3, 0.4) is 0 Å². The lowest BCUT2D eigenvalue weighted by molar-refractivity contribution is 0.270. The topological polar surface area (TPSA) is 3.24 Å². The average molecular weight is 163 g/mol. The van der Waals surface area contributed by atoms with Crippen molar-refractivity contribution in [1.82, 2.24) is 4.90 Å². The van der Waals surface area contributed by atoms with E-state index in [1.54, 1.807) is 0 Å². The normalized spacial score (nSPS) is 34.4. The van der Waals surface area contributed by atoms with Crippen LogP contribution in [-0.4, -0.2) is 24.0 Å². The molecule has 2 fully saturated rings. The van der Waals surface area contributed by atoms with Gasteiger partial charge in [0.05, 0.1) is 6.54 Å². The number of hydrogen-bond donors (Lipinski definition) is 0. The molecule has 66 valence electrons. The molecule has 0 aromatic carbocycles. The molecule has 0 aromatic rings. The van der Waals surface area contributed by atoms with E-state index in [0.717, 1.165) is 18.5 Å². The minimum absolute atomic E-state index is 0.894. The minimum atomic E-state index is 0.894. The van der Waals surface area contributed by atoms with Gasteiger partial charge >= 0.3 is 0 Å². The summed E-state index contributed by atoms with van der Waals surface area (Å²) < 4.78 is 0. The molecular formula is C11H17N. The average Bonchev–Trinajstić information content (AvgIpc) is 2.62. The maximum absolute atomic E-state index is 3.18. The summed E-state index contributed by atoms with van der Waals surface area (Å²) >= 11 is 0. The van der Waals surface area contributed by atoms with Gasteiger partial charge in [-0.25, -0.2) is 0 Å². The zero-order chi connectivity index (χ0) is 8.39. The van der Waals surface area contributed by atoms with Crippen molar-refractivity contribution in [3.05, 3.63) is 0 Å². The summed E-state index contributed by atoms with van der Waals surface area (Å²) in [7, 11) is 0. The number of rotatable bonds is 1. The van der Waals surface area contributed by atoms with Crippen LogP contribution < -0.4 is 0 Å². The lowest BCUT2D eigenvalue weighted by Gasteiger charge is -2.20. The fourth-order valence-corrected chi connectivity index (χ4v) is 2.71. The highest BCUT2D eigenvalue weighted by Gasteiger charge is 2.36. The Labute approximate surface area is 75.1 Å². The smallest absolute Gasteiger partial charge is 0.0603 e. The van der Waals surface area contributed by atoms with E-state index in [1.807, 2.05) is 6.92 Å². The third-order valence-electron chi connectivity index (χ3n) is 3.33. The summed E-state index contributed by atoms with van der Waals surface area (Å²) in [4.78, 5) is 2.58. The summed E-state index contributed by atoms with van der Waals surface area (Å²) in [5, 5.41) is 0. The Balaban J connectivity index is 1.93. The third kappa shape index (κ3) is 1.36. The van der Waals surface area contributed by atoms with E-state index < -0.39 is 0 Å². The molecule has 0 spiro atoms. The van der Waals surface area contributed by atoms with Gasteiger partial charge in [0.15, 0.2) is 0 Å². The summed E-state index contributed by atoms with van der Waals surface area (Å²) in [6.45, 7) is 4.24. The van der Waals surface area contributed by atoms with E-state index in [-0.39, 0.29) is 0 Å². The molecule has 0 aromatic heterocycles. The first-order valence-corrected chi connectivity index (χ1v) is 5.05. The molecule has 0 amide bonds. The van der Waals surface area contributed by atoms with Gasteiger partial charge in [-0.15, -0.1) is 5.92 Å². The van der Waals surface area contributed by atoms with Gasteiger partial charge in [0.2, 0.25) is 0 Å². The molecule has 2 rings (SSSR count). The molecule has 1 heteroatoms. The van der Waals surface area contributed by atoms with Gasteiger partial charge in [0, 0.05) is 6.04 Å². The predicted octanol–water partition coefficient (Wildman–Crippen LogP) is 1.88. The first-order valence-electron chi connectivity index (χ1n) is 5.05. The van der Waals surface area contributed by atoms with Crippen LogP contribution in [0.4, 0.5) is 0 Å². The van der Waals surface area contributed by atoms with Crippen LogP contribution >= 0.6 is 0 Å². The second-order valence-electron chi connectivity index (χ2n) is 3.94. The lowest BCUT2D eigenvalue weighted by atomic mass is 10.1. The van der Waals surface area contributed by atoms with Crippen LogP contribution in [0.1, 0.15) is 32.6 Å². The molecule has 2 unspecified atom stereocenters. The highest BCUT2D eigenvalue weighted by molar-refractivity contribution is 5.02. The monoisotopic (exact) mass is 163 g/mol. The molecular weight excluding hydrogens is 146 g/mol. The molecule has 1 heterocycles. The molecule has 12 heavy (non-hydrogen) atoms. The maximum Gasteiger partial charge on any atom is 0.0603 e. The van der Waals surface area contributed by atoms with Gasteiger partial charge in [-0.3, -0.25) is 4.90 Å². The van der Waals surface area contributed by atoms with Gasteiger partial charge in [0.25, 0.3) is 0 Å². The highest BCUT2D eigenvalue weighted by atomic mass is 15.2. The lowest BCUT2D eigenvalue weighted by Crippen LogP contribution is -2.30. The van der Waals surface area contributed by atoms with Gasteiger partial charge in [0.1, 0.15) is 0 Å². The van der Waals surface area contributed by atoms with Crippen LogP contribution in [0.5, 0.6) is 0 Å². The van der Waals surface area contributed by atoms with Crippen molar-refractivity contribution in [2.75, 3.05) is 13.1 Å². The Morgan fingerprint density at radius 2 is 2.25 bits per heavy atom. The number of nitrogens with zero attached hydrogens (tertiary/aromatic N) is 1. The molecule has 1 nitrogen and oxygen atoms in total. The summed E-state index contributed by atoms with van der Waals surface area (Å²) in [5.41, 5.74) is 0. The van der Waals surface area contributed by atoms with Crippen molar-refractivity contribution in [2.24, 2.45) is 5.92 Å². The SMILES string of the molecule is CC#CCN1CCC2CCCC21. The van der Waals surface area contributed by atoms with Gasteiger partial charge in [-0.2, -0.15) is 0 Å². The number of fused-ring (bicyclic) bond motifs is 1. The maximum atomic E-state index is 3.18. The molecule has 0 radical (unpaired) electrons. The van der Waals surface area contributed by atoms with Gasteiger partial charge in [-0.05, 0) is 38.6 Å². The molecule has 2 aliphatic rings. The zero-order valence-corrected chi connectivity index (χ0v) is 7.84. The van der Waals surface area contributed by atoms with Crippen molar-refractivity contribution in [3.63, 3.8) is 0 Å². The molecule has 0 N–H and O–H groups in total. The highest BCUT2D eigenvalue weighted by Crippen LogP contribution is 2.37. The molecule has 1 aliphatic carbocycles. The van der Waals surface area contributed by atoms with Crippen molar-refractivity contribution < 1.29 is 0 Å². The van der Waals surface area contributed by atoms with Crippen LogP contribution in [0.25, 0.3) is 0 Å². The van der Waals surface area contributed by atoms with Crippen LogP contribution in [0.2, 0.25) is 0 Å². The number of likely N-dealkylation sites (tertiary alicyclic amines) is 1. The molecule has 1 aliphatic heterocycles. The molecule has 1 saturated carbocycles. The van der Waals surface area contributed by atoms with E-state index >= 15 is 0 Å². The minimum Gasteiger partial charge on any atom is -0.289 e. The van der Waals surface area contributed by atoms with E-state index in [4.69, 9.17) is 0 Å². The largest absolute Gasteiger partial charge is 0.289 e. The van der Waals surface area contributed by atoms with Crippen molar-refractivity contribution in [1.29, 1.82) is 0 Å². The van der Waals surface area contributed by atoms with E-state index in [1.165, 1.54) is 32.2 Å². The van der Waals surface area contributed by atoms with Gasteiger partial charge in [-0.1, -0.05) is 12.3 Å². The van der Waals surface area contributed by atoms with Crippen LogP contribution in [0, 0.1) is 17.8 Å². The van der Waals surface area contributed by atoms with Crippen LogP contribution in [0.15, 0.2) is 0 Å². The van der Waals surface area contributed by atoms with E-state index in [9.17, 15) is 0 Å². The summed E-state index contributed by atoms with van der Waals surface area (Å²) in [5.74, 6) is 7.18. The van der Waals surface area contributed by atoms with Crippen molar-refractivity contribution in [3.8, 4) is 11.8 Å². The van der Waals surface area contributed by atoms with Crippen LogP contribution in [-0.2, 0) is 0 Å². The summed E-state index contributed by atoms with van der Waals surface area (Å²) in [6.07, 6.45) is 5.78. The second kappa shape index (κ2) is 3.49.